The lowest BCUT2D eigenvalue weighted by atomic mass is 9.89. The molecular weight excluding hydrogens is 318 g/mol. The Hall–Kier alpha value is -2.37. The van der Waals surface area contributed by atoms with E-state index in [-0.39, 0.29) is 5.91 Å². The summed E-state index contributed by atoms with van der Waals surface area (Å²) in [5.41, 5.74) is 0.559. The van der Waals surface area contributed by atoms with Crippen LogP contribution in [0.15, 0.2) is 28.8 Å². The summed E-state index contributed by atoms with van der Waals surface area (Å²) in [5.74, 6) is 2.34. The van der Waals surface area contributed by atoms with Crippen molar-refractivity contribution >= 4 is 5.91 Å². The molecule has 2 aromatic rings. The molecule has 1 heterocycles. The first-order valence-electron chi connectivity index (χ1n) is 8.90. The Balaban J connectivity index is 1.57. The number of carbonyl (C=O) groups excluding carboxylic acids is 1. The Labute approximate surface area is 148 Å². The lowest BCUT2D eigenvalue weighted by Gasteiger charge is -2.18. The molecule has 25 heavy (non-hydrogen) atoms. The van der Waals surface area contributed by atoms with E-state index in [9.17, 15) is 4.79 Å². The molecule has 0 atom stereocenters. The summed E-state index contributed by atoms with van der Waals surface area (Å²) in [6, 6.07) is 7.24. The van der Waals surface area contributed by atoms with E-state index in [0.717, 1.165) is 18.7 Å². The Kier molecular flexibility index (Phi) is 5.68. The van der Waals surface area contributed by atoms with Crippen molar-refractivity contribution in [3.8, 4) is 5.75 Å². The van der Waals surface area contributed by atoms with Crippen LogP contribution < -0.4 is 4.74 Å². The van der Waals surface area contributed by atoms with Crippen LogP contribution in [0.25, 0.3) is 0 Å². The first-order valence-corrected chi connectivity index (χ1v) is 8.90. The second kappa shape index (κ2) is 8.14. The van der Waals surface area contributed by atoms with Gasteiger partial charge in [-0.05, 0) is 25.0 Å². The van der Waals surface area contributed by atoms with E-state index in [2.05, 4.69) is 10.1 Å². The van der Waals surface area contributed by atoms with Gasteiger partial charge in [-0.1, -0.05) is 36.6 Å². The summed E-state index contributed by atoms with van der Waals surface area (Å²) in [4.78, 5) is 18.8. The van der Waals surface area contributed by atoms with Crippen molar-refractivity contribution in [1.82, 2.24) is 15.0 Å². The van der Waals surface area contributed by atoms with E-state index < -0.39 is 0 Å². The van der Waals surface area contributed by atoms with Crippen LogP contribution in [0.2, 0.25) is 0 Å². The minimum absolute atomic E-state index is 0.0755. The van der Waals surface area contributed by atoms with Crippen LogP contribution in [-0.2, 0) is 6.42 Å². The van der Waals surface area contributed by atoms with Gasteiger partial charge in [-0.15, -0.1) is 0 Å². The van der Waals surface area contributed by atoms with Crippen molar-refractivity contribution in [2.24, 2.45) is 0 Å². The van der Waals surface area contributed by atoms with Gasteiger partial charge in [0.1, 0.15) is 5.75 Å². The summed E-state index contributed by atoms with van der Waals surface area (Å²) in [6.07, 6.45) is 6.61. The van der Waals surface area contributed by atoms with Crippen molar-refractivity contribution in [2.75, 3.05) is 20.7 Å². The highest BCUT2D eigenvalue weighted by molar-refractivity contribution is 5.96. The van der Waals surface area contributed by atoms with Crippen molar-refractivity contribution in [1.29, 1.82) is 0 Å². The van der Waals surface area contributed by atoms with Gasteiger partial charge in [-0.3, -0.25) is 4.79 Å². The van der Waals surface area contributed by atoms with Gasteiger partial charge in [0.15, 0.2) is 5.82 Å². The molecule has 6 heteroatoms. The highest BCUT2D eigenvalue weighted by Gasteiger charge is 2.22. The fraction of sp³-hybridized carbons (Fsp3) is 0.526. The van der Waals surface area contributed by atoms with E-state index in [0.29, 0.717) is 36.0 Å². The molecular formula is C19H25N3O3. The van der Waals surface area contributed by atoms with Crippen molar-refractivity contribution in [2.45, 2.75) is 44.4 Å². The SMILES string of the molecule is COc1ccccc1C(=O)N(C)CCc1noc(C2CCCCC2)n1. The Morgan fingerprint density at radius 1 is 1.28 bits per heavy atom. The molecule has 0 radical (unpaired) electrons. The summed E-state index contributed by atoms with van der Waals surface area (Å²) < 4.78 is 10.7. The fourth-order valence-corrected chi connectivity index (χ4v) is 3.28. The number of hydrogen-bond acceptors (Lipinski definition) is 5. The monoisotopic (exact) mass is 343 g/mol. The second-order valence-electron chi connectivity index (χ2n) is 6.56. The van der Waals surface area contributed by atoms with Gasteiger partial charge in [-0.25, -0.2) is 0 Å². The van der Waals surface area contributed by atoms with E-state index in [4.69, 9.17) is 9.26 Å². The van der Waals surface area contributed by atoms with E-state index in [1.807, 2.05) is 12.1 Å². The molecule has 1 aromatic carbocycles. The van der Waals surface area contributed by atoms with E-state index in [1.54, 1.807) is 31.2 Å². The third-order valence-electron chi connectivity index (χ3n) is 4.79. The molecule has 0 aliphatic heterocycles. The van der Waals surface area contributed by atoms with E-state index >= 15 is 0 Å². The van der Waals surface area contributed by atoms with Crippen molar-refractivity contribution in [3.05, 3.63) is 41.5 Å². The number of rotatable bonds is 6. The Morgan fingerprint density at radius 3 is 2.80 bits per heavy atom. The molecule has 3 rings (SSSR count). The minimum Gasteiger partial charge on any atom is -0.496 e. The zero-order valence-electron chi connectivity index (χ0n) is 14.9. The zero-order valence-corrected chi connectivity index (χ0v) is 14.9. The predicted molar refractivity (Wildman–Crippen MR) is 93.8 cm³/mol. The predicted octanol–water partition coefficient (Wildman–Crippen LogP) is 3.44. The number of methoxy groups -OCH3 is 1. The van der Waals surface area contributed by atoms with Crippen molar-refractivity contribution in [3.63, 3.8) is 0 Å². The largest absolute Gasteiger partial charge is 0.496 e. The van der Waals surface area contributed by atoms with Crippen LogP contribution in [0.5, 0.6) is 5.75 Å². The molecule has 1 aliphatic carbocycles. The normalized spacial score (nSPS) is 15.1. The van der Waals surface area contributed by atoms with Gasteiger partial charge in [0, 0.05) is 25.9 Å². The third kappa shape index (κ3) is 4.18. The van der Waals surface area contributed by atoms with E-state index in [1.165, 1.54) is 19.3 Å². The first kappa shape index (κ1) is 17.5. The Bertz CT molecular complexity index is 707. The van der Waals surface area contributed by atoms with Gasteiger partial charge in [0.2, 0.25) is 5.89 Å². The van der Waals surface area contributed by atoms with Crippen LogP contribution in [-0.4, -0.2) is 41.6 Å². The molecule has 1 aliphatic rings. The van der Waals surface area contributed by atoms with Gasteiger partial charge in [-0.2, -0.15) is 4.98 Å². The highest BCUT2D eigenvalue weighted by Crippen LogP contribution is 2.31. The molecule has 0 spiro atoms. The van der Waals surface area contributed by atoms with Crippen LogP contribution >= 0.6 is 0 Å². The third-order valence-corrected chi connectivity index (χ3v) is 4.79. The average molecular weight is 343 g/mol. The summed E-state index contributed by atoms with van der Waals surface area (Å²) in [6.45, 7) is 0.528. The molecule has 1 amide bonds. The molecule has 0 N–H and O–H groups in total. The minimum atomic E-state index is -0.0755. The lowest BCUT2D eigenvalue weighted by Crippen LogP contribution is -2.29. The summed E-state index contributed by atoms with van der Waals surface area (Å²) >= 11 is 0. The number of likely N-dealkylation sites (N-methyl/N-ethyl adjacent to an activating group) is 1. The number of nitrogens with zero attached hydrogens (tertiary/aromatic N) is 3. The summed E-state index contributed by atoms with van der Waals surface area (Å²) in [7, 11) is 3.34. The van der Waals surface area contributed by atoms with Crippen LogP contribution in [0.4, 0.5) is 0 Å². The number of ether oxygens (including phenoxy) is 1. The zero-order chi connectivity index (χ0) is 17.6. The molecule has 1 saturated carbocycles. The van der Waals surface area contributed by atoms with Gasteiger partial charge >= 0.3 is 0 Å². The molecule has 134 valence electrons. The highest BCUT2D eigenvalue weighted by atomic mass is 16.5. The fourth-order valence-electron chi connectivity index (χ4n) is 3.28. The second-order valence-corrected chi connectivity index (χ2v) is 6.56. The smallest absolute Gasteiger partial charge is 0.257 e. The summed E-state index contributed by atoms with van der Waals surface area (Å²) in [5, 5.41) is 4.08. The quantitative estimate of drug-likeness (QED) is 0.803. The molecule has 0 unspecified atom stereocenters. The molecule has 1 aromatic heterocycles. The number of hydrogen-bond donors (Lipinski definition) is 0. The van der Waals surface area contributed by atoms with Crippen LogP contribution in [0.1, 0.15) is 60.1 Å². The number of benzene rings is 1. The standard InChI is InChI=1S/C19H25N3O3/c1-22(19(23)15-10-6-7-11-16(15)24-2)13-12-17-20-18(25-21-17)14-8-4-3-5-9-14/h6-7,10-11,14H,3-5,8-9,12-13H2,1-2H3. The maximum atomic E-state index is 12.6. The van der Waals surface area contributed by atoms with Crippen molar-refractivity contribution < 1.29 is 14.1 Å². The number of para-hydroxylation sites is 1. The first-order chi connectivity index (χ1) is 12.2. The average Bonchev–Trinajstić information content (AvgIpc) is 3.15. The number of amides is 1. The molecule has 0 saturated heterocycles. The maximum absolute atomic E-state index is 12.6. The van der Waals surface area contributed by atoms with Crippen LogP contribution in [0, 0.1) is 0 Å². The molecule has 6 nitrogen and oxygen atoms in total. The van der Waals surface area contributed by atoms with Gasteiger partial charge in [0.25, 0.3) is 5.91 Å². The van der Waals surface area contributed by atoms with Gasteiger partial charge < -0.3 is 14.2 Å². The molecule has 0 bridgehead atoms. The number of aromatic nitrogens is 2. The molecule has 1 fully saturated rings. The topological polar surface area (TPSA) is 68.5 Å². The lowest BCUT2D eigenvalue weighted by molar-refractivity contribution is 0.0792. The van der Waals surface area contributed by atoms with Crippen LogP contribution in [0.3, 0.4) is 0 Å². The Morgan fingerprint density at radius 2 is 2.04 bits per heavy atom. The van der Waals surface area contributed by atoms with Gasteiger partial charge in [0.05, 0.1) is 12.7 Å². The number of carbonyl (C=O) groups is 1. The maximum Gasteiger partial charge on any atom is 0.257 e.